The van der Waals surface area contributed by atoms with Gasteiger partial charge in [-0.25, -0.2) is 0 Å². The molecule has 0 aliphatic carbocycles. The molecule has 0 aromatic heterocycles. The first-order valence-corrected chi connectivity index (χ1v) is 10.0. The van der Waals surface area contributed by atoms with Crippen LogP contribution in [0.1, 0.15) is 24.0 Å². The maximum atomic E-state index is 13.2. The van der Waals surface area contributed by atoms with Crippen molar-refractivity contribution in [3.63, 3.8) is 0 Å². The normalized spacial score (nSPS) is 19.7. The van der Waals surface area contributed by atoms with E-state index in [4.69, 9.17) is 14.2 Å². The monoisotopic (exact) mass is 450 g/mol. The van der Waals surface area contributed by atoms with Crippen LogP contribution in [0.25, 0.3) is 0 Å². The lowest BCUT2D eigenvalue weighted by molar-refractivity contribution is -0.139. The van der Waals surface area contributed by atoms with E-state index in [9.17, 15) is 22.8 Å². The van der Waals surface area contributed by atoms with Crippen LogP contribution in [-0.4, -0.2) is 37.7 Å². The lowest BCUT2D eigenvalue weighted by Crippen LogP contribution is -2.56. The van der Waals surface area contributed by atoms with Gasteiger partial charge in [0.1, 0.15) is 6.61 Å². The Hall–Kier alpha value is -3.27. The molecule has 2 aromatic rings. The van der Waals surface area contributed by atoms with Gasteiger partial charge in [-0.1, -0.05) is 30.3 Å². The minimum Gasteiger partial charge on any atom is -0.485 e. The zero-order valence-electron chi connectivity index (χ0n) is 16.9. The predicted octanol–water partition coefficient (Wildman–Crippen LogP) is 2.74. The zero-order valence-corrected chi connectivity index (χ0v) is 16.9. The van der Waals surface area contributed by atoms with Crippen molar-refractivity contribution in [1.82, 2.24) is 10.9 Å². The molecule has 1 saturated heterocycles. The highest BCUT2D eigenvalue weighted by molar-refractivity contribution is 5.91. The first-order valence-electron chi connectivity index (χ1n) is 10.0. The van der Waals surface area contributed by atoms with Crippen molar-refractivity contribution in [3.05, 3.63) is 59.7 Å². The molecule has 2 heterocycles. The molecule has 0 bridgehead atoms. The lowest BCUT2D eigenvalue weighted by Gasteiger charge is -2.36. The molecule has 170 valence electrons. The average molecular weight is 450 g/mol. The van der Waals surface area contributed by atoms with Crippen LogP contribution >= 0.6 is 0 Å². The van der Waals surface area contributed by atoms with Crippen LogP contribution in [-0.2, 0) is 25.9 Å². The topological polar surface area (TPSA) is 85.9 Å². The molecule has 0 saturated carbocycles. The van der Waals surface area contributed by atoms with Crippen molar-refractivity contribution in [2.24, 2.45) is 0 Å². The van der Waals surface area contributed by atoms with Gasteiger partial charge in [0.05, 0.1) is 11.0 Å². The fraction of sp³-hybridized carbons (Fsp3) is 0.364. The molecule has 1 fully saturated rings. The van der Waals surface area contributed by atoms with E-state index in [1.165, 1.54) is 12.1 Å². The van der Waals surface area contributed by atoms with Gasteiger partial charge in [-0.3, -0.25) is 20.4 Å². The summed E-state index contributed by atoms with van der Waals surface area (Å²) in [5, 5.41) is 0. The number of rotatable bonds is 3. The summed E-state index contributed by atoms with van der Waals surface area (Å²) in [7, 11) is 0. The minimum absolute atomic E-state index is 0.0503. The summed E-state index contributed by atoms with van der Waals surface area (Å²) in [5.41, 5.74) is 2.77. The van der Waals surface area contributed by atoms with Gasteiger partial charge in [0.2, 0.25) is 12.0 Å². The number of fused-ring (bicyclic) bond motifs is 1. The fourth-order valence-electron chi connectivity index (χ4n) is 3.83. The Kier molecular flexibility index (Phi) is 5.96. The van der Waals surface area contributed by atoms with Crippen LogP contribution in [0.5, 0.6) is 11.5 Å². The molecule has 2 aliphatic heterocycles. The van der Waals surface area contributed by atoms with E-state index in [2.05, 4.69) is 10.9 Å². The SMILES string of the molecule is O=C(NNC(=O)C1(c2cccc(C(F)(F)F)c2)CCOCC1)C1COc2ccccc2O1. The second-order valence-electron chi connectivity index (χ2n) is 7.58. The van der Waals surface area contributed by atoms with E-state index in [1.54, 1.807) is 24.3 Å². The first kappa shape index (κ1) is 21.9. The standard InChI is InChI=1S/C22H21F3N2O5/c23-22(24,25)15-5-3-4-14(12-15)21(8-10-30-11-9-21)20(29)27-26-19(28)18-13-31-16-6-1-2-7-17(16)32-18/h1-7,12,18H,8-11,13H2,(H,26,28)(H,27,29). The second-order valence-corrected chi connectivity index (χ2v) is 7.58. The van der Waals surface area contributed by atoms with Gasteiger partial charge in [0.15, 0.2) is 11.5 Å². The summed E-state index contributed by atoms with van der Waals surface area (Å²) in [5.74, 6) is -0.355. The number of ether oxygens (including phenoxy) is 3. The molecule has 32 heavy (non-hydrogen) atoms. The quantitative estimate of drug-likeness (QED) is 0.703. The molecule has 2 aromatic carbocycles. The number of alkyl halides is 3. The first-order chi connectivity index (χ1) is 15.3. The third-order valence-corrected chi connectivity index (χ3v) is 5.62. The summed E-state index contributed by atoms with van der Waals surface area (Å²) in [4.78, 5) is 25.6. The molecular formula is C22H21F3N2O5. The molecule has 7 nitrogen and oxygen atoms in total. The van der Waals surface area contributed by atoms with Crippen molar-refractivity contribution in [1.29, 1.82) is 0 Å². The number of carbonyl (C=O) groups is 2. The molecule has 4 rings (SSSR count). The lowest BCUT2D eigenvalue weighted by atomic mass is 9.73. The van der Waals surface area contributed by atoms with E-state index in [1.807, 2.05) is 0 Å². The number of hydrazine groups is 1. The van der Waals surface area contributed by atoms with Gasteiger partial charge in [0.25, 0.3) is 5.91 Å². The fourth-order valence-corrected chi connectivity index (χ4v) is 3.83. The van der Waals surface area contributed by atoms with Gasteiger partial charge in [-0.15, -0.1) is 0 Å². The molecule has 0 radical (unpaired) electrons. The minimum atomic E-state index is -4.54. The highest BCUT2D eigenvalue weighted by Crippen LogP contribution is 2.38. The van der Waals surface area contributed by atoms with Crippen LogP contribution in [0.3, 0.4) is 0 Å². The van der Waals surface area contributed by atoms with Gasteiger partial charge >= 0.3 is 6.18 Å². The number of carbonyl (C=O) groups excluding carboxylic acids is 2. The number of hydrogen-bond donors (Lipinski definition) is 2. The molecule has 2 aliphatic rings. The molecule has 10 heteroatoms. The van der Waals surface area contributed by atoms with E-state index in [-0.39, 0.29) is 38.2 Å². The summed E-state index contributed by atoms with van der Waals surface area (Å²) in [6.07, 6.45) is -5.19. The summed E-state index contributed by atoms with van der Waals surface area (Å²) in [6, 6.07) is 11.5. The summed E-state index contributed by atoms with van der Waals surface area (Å²) >= 11 is 0. The molecule has 1 unspecified atom stereocenters. The Bertz CT molecular complexity index is 1010. The molecule has 0 spiro atoms. The van der Waals surface area contributed by atoms with Crippen LogP contribution in [0.2, 0.25) is 0 Å². The Morgan fingerprint density at radius 1 is 0.969 bits per heavy atom. The Morgan fingerprint density at radius 2 is 1.69 bits per heavy atom. The van der Waals surface area contributed by atoms with E-state index in [0.717, 1.165) is 12.1 Å². The Balaban J connectivity index is 1.48. The largest absolute Gasteiger partial charge is 0.485 e. The van der Waals surface area contributed by atoms with Crippen LogP contribution in [0.15, 0.2) is 48.5 Å². The van der Waals surface area contributed by atoms with Crippen molar-refractivity contribution < 1.29 is 37.0 Å². The van der Waals surface area contributed by atoms with Crippen molar-refractivity contribution in [2.75, 3.05) is 19.8 Å². The van der Waals surface area contributed by atoms with Crippen molar-refractivity contribution in [2.45, 2.75) is 30.5 Å². The summed E-state index contributed by atoms with van der Waals surface area (Å²) in [6.45, 7) is 0.354. The van der Waals surface area contributed by atoms with Gasteiger partial charge in [-0.2, -0.15) is 13.2 Å². The number of para-hydroxylation sites is 2. The molecule has 1 atom stereocenters. The molecular weight excluding hydrogens is 429 g/mol. The van der Waals surface area contributed by atoms with Gasteiger partial charge < -0.3 is 14.2 Å². The summed E-state index contributed by atoms with van der Waals surface area (Å²) < 4.78 is 56.1. The van der Waals surface area contributed by atoms with Crippen LogP contribution in [0.4, 0.5) is 13.2 Å². The molecule has 2 amide bonds. The maximum absolute atomic E-state index is 13.2. The van der Waals surface area contributed by atoms with Gasteiger partial charge in [0, 0.05) is 13.2 Å². The number of hydrogen-bond acceptors (Lipinski definition) is 5. The maximum Gasteiger partial charge on any atom is 0.416 e. The number of benzene rings is 2. The average Bonchev–Trinajstić information content (AvgIpc) is 2.82. The Morgan fingerprint density at radius 3 is 2.41 bits per heavy atom. The van der Waals surface area contributed by atoms with Crippen molar-refractivity contribution in [3.8, 4) is 11.5 Å². The van der Waals surface area contributed by atoms with Gasteiger partial charge in [-0.05, 0) is 36.6 Å². The third-order valence-electron chi connectivity index (χ3n) is 5.62. The predicted molar refractivity (Wildman–Crippen MR) is 106 cm³/mol. The van der Waals surface area contributed by atoms with Crippen LogP contribution in [0, 0.1) is 0 Å². The smallest absolute Gasteiger partial charge is 0.416 e. The zero-order chi connectivity index (χ0) is 22.8. The van der Waals surface area contributed by atoms with Crippen molar-refractivity contribution >= 4 is 11.8 Å². The number of halogens is 3. The van der Waals surface area contributed by atoms with Crippen LogP contribution < -0.4 is 20.3 Å². The highest BCUT2D eigenvalue weighted by atomic mass is 19.4. The Labute approximate surface area is 181 Å². The number of amides is 2. The third kappa shape index (κ3) is 4.36. The second kappa shape index (κ2) is 8.70. The van der Waals surface area contributed by atoms with E-state index >= 15 is 0 Å². The molecule has 2 N–H and O–H groups in total. The highest BCUT2D eigenvalue weighted by Gasteiger charge is 2.43. The number of nitrogens with one attached hydrogen (secondary N) is 2. The van der Waals surface area contributed by atoms with E-state index in [0.29, 0.717) is 11.5 Å². The van der Waals surface area contributed by atoms with E-state index < -0.39 is 35.1 Å².